The van der Waals surface area contributed by atoms with Crippen LogP contribution in [0.15, 0.2) is 30.3 Å². The highest BCUT2D eigenvalue weighted by molar-refractivity contribution is 7.20. The van der Waals surface area contributed by atoms with E-state index in [9.17, 15) is 4.79 Å². The molecule has 4 heteroatoms. The van der Waals surface area contributed by atoms with Crippen LogP contribution >= 0.6 is 11.3 Å². The molecule has 100 valence electrons. The second-order valence-corrected chi connectivity index (χ2v) is 6.29. The van der Waals surface area contributed by atoms with E-state index in [-0.39, 0.29) is 11.9 Å². The fourth-order valence-corrected chi connectivity index (χ4v) is 3.61. The van der Waals surface area contributed by atoms with Gasteiger partial charge < -0.3 is 10.6 Å². The predicted molar refractivity (Wildman–Crippen MR) is 79.5 cm³/mol. The Morgan fingerprint density at radius 3 is 2.84 bits per heavy atom. The van der Waals surface area contributed by atoms with E-state index < -0.39 is 0 Å². The van der Waals surface area contributed by atoms with E-state index in [2.05, 4.69) is 6.07 Å². The number of benzene rings is 1. The summed E-state index contributed by atoms with van der Waals surface area (Å²) in [7, 11) is 1.88. The average Bonchev–Trinajstić information content (AvgIpc) is 3.16. The molecule has 1 saturated carbocycles. The fraction of sp³-hybridized carbons (Fsp3) is 0.400. The lowest BCUT2D eigenvalue weighted by Crippen LogP contribution is -2.43. The largest absolute Gasteiger partial charge is 0.336 e. The molecule has 1 fully saturated rings. The van der Waals surface area contributed by atoms with Crippen molar-refractivity contribution in [3.63, 3.8) is 0 Å². The van der Waals surface area contributed by atoms with Gasteiger partial charge in [0.05, 0.1) is 4.88 Å². The summed E-state index contributed by atoms with van der Waals surface area (Å²) in [5.41, 5.74) is 5.82. The van der Waals surface area contributed by atoms with Crippen molar-refractivity contribution in [2.45, 2.75) is 18.9 Å². The molecular formula is C15H18N2OS. The third-order valence-corrected chi connectivity index (χ3v) is 4.97. The number of hydrogen-bond donors (Lipinski definition) is 1. The Morgan fingerprint density at radius 2 is 2.21 bits per heavy atom. The highest BCUT2D eigenvalue weighted by Crippen LogP contribution is 2.35. The summed E-state index contributed by atoms with van der Waals surface area (Å²) in [6.45, 7) is 0.553. The quantitative estimate of drug-likeness (QED) is 0.931. The molecule has 19 heavy (non-hydrogen) atoms. The van der Waals surface area contributed by atoms with E-state index in [0.29, 0.717) is 12.5 Å². The Balaban J connectivity index is 1.85. The summed E-state index contributed by atoms with van der Waals surface area (Å²) in [5.74, 6) is 0.705. The number of likely N-dealkylation sites (N-methyl/N-ethyl adjacent to an activating group) is 1. The number of carbonyl (C=O) groups is 1. The zero-order chi connectivity index (χ0) is 13.4. The van der Waals surface area contributed by atoms with Crippen molar-refractivity contribution in [1.82, 2.24) is 4.90 Å². The molecule has 3 rings (SSSR count). The van der Waals surface area contributed by atoms with Crippen molar-refractivity contribution in [1.29, 1.82) is 0 Å². The van der Waals surface area contributed by atoms with E-state index in [1.165, 1.54) is 12.8 Å². The van der Waals surface area contributed by atoms with Gasteiger partial charge in [-0.3, -0.25) is 4.79 Å². The minimum absolute atomic E-state index is 0.101. The molecule has 0 bridgehead atoms. The smallest absolute Gasteiger partial charge is 0.264 e. The van der Waals surface area contributed by atoms with Gasteiger partial charge in [-0.1, -0.05) is 18.2 Å². The van der Waals surface area contributed by atoms with Crippen LogP contribution < -0.4 is 5.73 Å². The molecular weight excluding hydrogens is 256 g/mol. The number of amides is 1. The summed E-state index contributed by atoms with van der Waals surface area (Å²) in [6.07, 6.45) is 2.40. The first-order valence-electron chi connectivity index (χ1n) is 6.66. The molecule has 1 aliphatic carbocycles. The zero-order valence-corrected chi connectivity index (χ0v) is 11.8. The molecule has 1 heterocycles. The second kappa shape index (κ2) is 4.94. The number of carbonyl (C=O) groups excluding carboxylic acids is 1. The summed E-state index contributed by atoms with van der Waals surface area (Å²) in [4.78, 5) is 15.2. The van der Waals surface area contributed by atoms with Crippen molar-refractivity contribution >= 4 is 27.3 Å². The van der Waals surface area contributed by atoms with E-state index in [1.807, 2.05) is 36.2 Å². The van der Waals surface area contributed by atoms with Crippen LogP contribution in [0.2, 0.25) is 0 Å². The average molecular weight is 274 g/mol. The topological polar surface area (TPSA) is 46.3 Å². The van der Waals surface area contributed by atoms with Gasteiger partial charge in [0.2, 0.25) is 0 Å². The summed E-state index contributed by atoms with van der Waals surface area (Å²) in [6, 6.07) is 10.3. The Labute approximate surface area is 117 Å². The number of nitrogens with two attached hydrogens (primary N) is 1. The maximum atomic E-state index is 12.5. The number of fused-ring (bicyclic) bond motifs is 1. The van der Waals surface area contributed by atoms with Gasteiger partial charge in [0.25, 0.3) is 5.91 Å². The van der Waals surface area contributed by atoms with E-state index >= 15 is 0 Å². The molecule has 0 radical (unpaired) electrons. The summed E-state index contributed by atoms with van der Waals surface area (Å²) < 4.78 is 1.16. The van der Waals surface area contributed by atoms with Crippen LogP contribution in [0, 0.1) is 5.92 Å². The van der Waals surface area contributed by atoms with Gasteiger partial charge in [-0.05, 0) is 36.3 Å². The van der Waals surface area contributed by atoms with Gasteiger partial charge in [0.1, 0.15) is 0 Å². The Hall–Kier alpha value is -1.39. The number of nitrogens with zero attached hydrogens (tertiary/aromatic N) is 1. The van der Waals surface area contributed by atoms with Crippen molar-refractivity contribution in [2.75, 3.05) is 13.6 Å². The van der Waals surface area contributed by atoms with Crippen molar-refractivity contribution < 1.29 is 4.79 Å². The number of hydrogen-bond acceptors (Lipinski definition) is 3. The highest BCUT2D eigenvalue weighted by atomic mass is 32.1. The van der Waals surface area contributed by atoms with Gasteiger partial charge in [-0.15, -0.1) is 11.3 Å². The third-order valence-electron chi connectivity index (χ3n) is 3.86. The third kappa shape index (κ3) is 2.38. The standard InChI is InChI=1S/C15H18N2OS/c1-17(12(9-16)10-6-7-10)15(18)14-8-11-4-2-3-5-13(11)19-14/h2-5,8,10,12H,6-7,9,16H2,1H3. The van der Waals surface area contributed by atoms with Crippen LogP contribution in [0.4, 0.5) is 0 Å². The van der Waals surface area contributed by atoms with Crippen LogP contribution in [-0.4, -0.2) is 30.4 Å². The SMILES string of the molecule is CN(C(=O)c1cc2ccccc2s1)C(CN)C1CC1. The first-order valence-corrected chi connectivity index (χ1v) is 7.48. The molecule has 1 atom stereocenters. The molecule has 1 aliphatic rings. The predicted octanol–water partition coefficient (Wildman–Crippen LogP) is 2.71. The van der Waals surface area contributed by atoms with Crippen LogP contribution in [0.25, 0.3) is 10.1 Å². The van der Waals surface area contributed by atoms with Crippen molar-refractivity contribution in [2.24, 2.45) is 11.7 Å². The first-order chi connectivity index (χ1) is 9.20. The number of rotatable bonds is 4. The number of thiophene rings is 1. The zero-order valence-electron chi connectivity index (χ0n) is 11.0. The molecule has 0 aliphatic heterocycles. The monoisotopic (exact) mass is 274 g/mol. The van der Waals surface area contributed by atoms with Gasteiger partial charge >= 0.3 is 0 Å². The molecule has 1 amide bonds. The molecule has 1 aromatic heterocycles. The van der Waals surface area contributed by atoms with Gasteiger partial charge in [-0.2, -0.15) is 0 Å². The van der Waals surface area contributed by atoms with Crippen LogP contribution in [-0.2, 0) is 0 Å². The minimum Gasteiger partial charge on any atom is -0.336 e. The Bertz CT molecular complexity index is 570. The maximum Gasteiger partial charge on any atom is 0.264 e. The molecule has 1 unspecified atom stereocenters. The van der Waals surface area contributed by atoms with Crippen LogP contribution in [0.3, 0.4) is 0 Å². The van der Waals surface area contributed by atoms with E-state index in [4.69, 9.17) is 5.73 Å². The Kier molecular flexibility index (Phi) is 3.29. The molecule has 0 spiro atoms. The lowest BCUT2D eigenvalue weighted by atomic mass is 10.1. The fourth-order valence-electron chi connectivity index (χ4n) is 2.56. The lowest BCUT2D eigenvalue weighted by Gasteiger charge is -2.26. The van der Waals surface area contributed by atoms with Gasteiger partial charge in [0, 0.05) is 24.3 Å². The van der Waals surface area contributed by atoms with E-state index in [1.54, 1.807) is 11.3 Å². The minimum atomic E-state index is 0.101. The van der Waals surface area contributed by atoms with Crippen LogP contribution in [0.1, 0.15) is 22.5 Å². The lowest BCUT2D eigenvalue weighted by molar-refractivity contribution is 0.0723. The molecule has 0 saturated heterocycles. The highest BCUT2D eigenvalue weighted by Gasteiger charge is 2.35. The van der Waals surface area contributed by atoms with Crippen LogP contribution in [0.5, 0.6) is 0 Å². The first kappa shape index (κ1) is 12.6. The molecule has 1 aromatic carbocycles. The molecule has 2 N–H and O–H groups in total. The van der Waals surface area contributed by atoms with Crippen molar-refractivity contribution in [3.8, 4) is 0 Å². The maximum absolute atomic E-state index is 12.5. The van der Waals surface area contributed by atoms with Crippen molar-refractivity contribution in [3.05, 3.63) is 35.2 Å². The Morgan fingerprint density at radius 1 is 1.47 bits per heavy atom. The molecule has 2 aromatic rings. The van der Waals surface area contributed by atoms with E-state index in [0.717, 1.165) is 15.0 Å². The summed E-state index contributed by atoms with van der Waals surface area (Å²) >= 11 is 1.56. The van der Waals surface area contributed by atoms with Gasteiger partial charge in [0.15, 0.2) is 0 Å². The van der Waals surface area contributed by atoms with Gasteiger partial charge in [-0.25, -0.2) is 0 Å². The normalized spacial score (nSPS) is 16.5. The summed E-state index contributed by atoms with van der Waals surface area (Å²) in [5, 5.41) is 1.14. The second-order valence-electron chi connectivity index (χ2n) is 5.21. The molecule has 3 nitrogen and oxygen atoms in total.